The number of rotatable bonds is 5. The molecule has 108 valence electrons. The molecule has 1 N–H and O–H groups in total. The van der Waals surface area contributed by atoms with Gasteiger partial charge in [0, 0.05) is 36.8 Å². The zero-order valence-electron chi connectivity index (χ0n) is 12.4. The van der Waals surface area contributed by atoms with Crippen LogP contribution in [0, 0.1) is 5.41 Å². The van der Waals surface area contributed by atoms with Gasteiger partial charge in [-0.2, -0.15) is 9.61 Å². The fourth-order valence-corrected chi connectivity index (χ4v) is 2.61. The van der Waals surface area contributed by atoms with Crippen molar-refractivity contribution in [2.24, 2.45) is 5.41 Å². The number of aliphatic hydroxyl groups excluding tert-OH is 1. The lowest BCUT2D eigenvalue weighted by Crippen LogP contribution is -2.30. The van der Waals surface area contributed by atoms with Gasteiger partial charge in [-0.15, -0.1) is 0 Å². The normalized spacial score (nSPS) is 16.9. The predicted molar refractivity (Wildman–Crippen MR) is 79.1 cm³/mol. The van der Waals surface area contributed by atoms with Crippen LogP contribution in [0.5, 0.6) is 0 Å². The minimum Gasteiger partial charge on any atom is -0.396 e. The Balaban J connectivity index is 1.98. The van der Waals surface area contributed by atoms with E-state index in [1.54, 1.807) is 6.20 Å². The Morgan fingerprint density at radius 2 is 2.20 bits per heavy atom. The lowest BCUT2D eigenvalue weighted by molar-refractivity contribution is 0.215. The third-order valence-electron chi connectivity index (χ3n) is 4.21. The molecule has 20 heavy (non-hydrogen) atoms. The SMILES string of the molecule is CC(C)c1cc(N(C)CC2(CO)CC2)n2nccc2n1. The number of fused-ring (bicyclic) bond motifs is 1. The van der Waals surface area contributed by atoms with Crippen molar-refractivity contribution in [1.82, 2.24) is 14.6 Å². The van der Waals surface area contributed by atoms with Crippen LogP contribution in [-0.2, 0) is 0 Å². The molecule has 1 saturated carbocycles. The molecule has 5 heteroatoms. The monoisotopic (exact) mass is 274 g/mol. The lowest BCUT2D eigenvalue weighted by atomic mass is 10.1. The highest BCUT2D eigenvalue weighted by Crippen LogP contribution is 2.46. The molecule has 3 rings (SSSR count). The Morgan fingerprint density at radius 1 is 1.45 bits per heavy atom. The van der Waals surface area contributed by atoms with E-state index in [1.807, 2.05) is 10.6 Å². The Hall–Kier alpha value is -1.62. The zero-order chi connectivity index (χ0) is 14.3. The summed E-state index contributed by atoms with van der Waals surface area (Å²) in [6.45, 7) is 5.42. The van der Waals surface area contributed by atoms with Crippen molar-refractivity contribution >= 4 is 11.5 Å². The Bertz CT molecular complexity index is 615. The third-order valence-corrected chi connectivity index (χ3v) is 4.21. The predicted octanol–water partition coefficient (Wildman–Crippen LogP) is 2.06. The van der Waals surface area contributed by atoms with E-state index in [2.05, 4.69) is 41.9 Å². The minimum atomic E-state index is 0.0927. The van der Waals surface area contributed by atoms with Gasteiger partial charge < -0.3 is 10.0 Å². The summed E-state index contributed by atoms with van der Waals surface area (Å²) in [5.74, 6) is 1.43. The quantitative estimate of drug-likeness (QED) is 0.907. The van der Waals surface area contributed by atoms with Crippen molar-refractivity contribution in [3.05, 3.63) is 24.0 Å². The molecule has 1 aliphatic rings. The molecule has 1 aliphatic carbocycles. The molecule has 1 fully saturated rings. The second-order valence-corrected chi connectivity index (χ2v) is 6.31. The Labute approximate surface area is 119 Å². The summed E-state index contributed by atoms with van der Waals surface area (Å²) >= 11 is 0. The number of aromatic nitrogens is 3. The van der Waals surface area contributed by atoms with Crippen LogP contribution in [-0.4, -0.2) is 39.9 Å². The summed E-state index contributed by atoms with van der Waals surface area (Å²) in [7, 11) is 2.07. The second-order valence-electron chi connectivity index (χ2n) is 6.31. The highest BCUT2D eigenvalue weighted by Gasteiger charge is 2.43. The molecule has 0 atom stereocenters. The van der Waals surface area contributed by atoms with Crippen molar-refractivity contribution in [2.75, 3.05) is 25.1 Å². The summed E-state index contributed by atoms with van der Waals surface area (Å²) in [5.41, 5.74) is 2.05. The molecule has 0 saturated heterocycles. The smallest absolute Gasteiger partial charge is 0.157 e. The summed E-state index contributed by atoms with van der Waals surface area (Å²) in [6.07, 6.45) is 4.00. The maximum Gasteiger partial charge on any atom is 0.157 e. The first-order chi connectivity index (χ1) is 9.54. The maximum atomic E-state index is 9.51. The molecule has 0 aromatic carbocycles. The van der Waals surface area contributed by atoms with Crippen molar-refractivity contribution in [3.8, 4) is 0 Å². The summed E-state index contributed by atoms with van der Waals surface area (Å²) < 4.78 is 1.87. The van der Waals surface area contributed by atoms with E-state index in [0.29, 0.717) is 5.92 Å². The van der Waals surface area contributed by atoms with E-state index in [1.165, 1.54) is 0 Å². The highest BCUT2D eigenvalue weighted by molar-refractivity contribution is 5.51. The van der Waals surface area contributed by atoms with Gasteiger partial charge in [0.2, 0.25) is 0 Å². The first-order valence-electron chi connectivity index (χ1n) is 7.21. The van der Waals surface area contributed by atoms with Gasteiger partial charge in [0.25, 0.3) is 0 Å². The first kappa shape index (κ1) is 13.4. The summed E-state index contributed by atoms with van der Waals surface area (Å²) in [6, 6.07) is 4.04. The van der Waals surface area contributed by atoms with E-state index in [9.17, 15) is 5.11 Å². The standard InChI is InChI=1S/C15H22N4O/c1-11(2)12-8-14(19-13(17-12)4-7-16-19)18(3)9-15(10-20)5-6-15/h4,7-8,11,20H,5-6,9-10H2,1-3H3. The second kappa shape index (κ2) is 4.74. The molecule has 5 nitrogen and oxygen atoms in total. The highest BCUT2D eigenvalue weighted by atomic mass is 16.3. The number of hydrogen-bond acceptors (Lipinski definition) is 4. The molecule has 0 radical (unpaired) electrons. The van der Waals surface area contributed by atoms with Gasteiger partial charge in [-0.3, -0.25) is 0 Å². The Morgan fingerprint density at radius 3 is 2.80 bits per heavy atom. The number of anilines is 1. The minimum absolute atomic E-state index is 0.0927. The van der Waals surface area contributed by atoms with Crippen molar-refractivity contribution in [3.63, 3.8) is 0 Å². The van der Waals surface area contributed by atoms with E-state index < -0.39 is 0 Å². The van der Waals surface area contributed by atoms with Crippen LogP contribution in [0.3, 0.4) is 0 Å². The largest absolute Gasteiger partial charge is 0.396 e. The van der Waals surface area contributed by atoms with Gasteiger partial charge in [-0.1, -0.05) is 13.8 Å². The average molecular weight is 274 g/mol. The van der Waals surface area contributed by atoms with Gasteiger partial charge in [0.05, 0.1) is 12.8 Å². The zero-order valence-corrected chi connectivity index (χ0v) is 12.4. The molecular formula is C15H22N4O. The van der Waals surface area contributed by atoms with Crippen LogP contribution in [0.25, 0.3) is 5.65 Å². The van der Waals surface area contributed by atoms with Crippen LogP contribution in [0.1, 0.15) is 38.3 Å². The fraction of sp³-hybridized carbons (Fsp3) is 0.600. The Kier molecular flexibility index (Phi) is 3.17. The third kappa shape index (κ3) is 2.26. The first-order valence-corrected chi connectivity index (χ1v) is 7.21. The molecule has 2 aromatic heterocycles. The van der Waals surface area contributed by atoms with E-state index in [4.69, 9.17) is 0 Å². The van der Waals surface area contributed by atoms with E-state index in [0.717, 1.165) is 36.5 Å². The number of aliphatic hydroxyl groups is 1. The van der Waals surface area contributed by atoms with Crippen molar-refractivity contribution < 1.29 is 5.11 Å². The van der Waals surface area contributed by atoms with Gasteiger partial charge in [-0.25, -0.2) is 4.98 Å². The van der Waals surface area contributed by atoms with Crippen LogP contribution in [0.15, 0.2) is 18.3 Å². The maximum absolute atomic E-state index is 9.51. The molecule has 2 aromatic rings. The molecule has 0 amide bonds. The molecule has 0 aliphatic heterocycles. The van der Waals surface area contributed by atoms with Crippen LogP contribution in [0.4, 0.5) is 5.82 Å². The molecule has 2 heterocycles. The van der Waals surface area contributed by atoms with Crippen LogP contribution in [0.2, 0.25) is 0 Å². The van der Waals surface area contributed by atoms with Crippen molar-refractivity contribution in [2.45, 2.75) is 32.6 Å². The summed E-state index contributed by atoms with van der Waals surface area (Å²) in [5, 5.41) is 13.9. The van der Waals surface area contributed by atoms with Crippen molar-refractivity contribution in [1.29, 1.82) is 0 Å². The molecule has 0 spiro atoms. The number of nitrogens with zero attached hydrogens (tertiary/aromatic N) is 4. The van der Waals surface area contributed by atoms with Gasteiger partial charge in [0.15, 0.2) is 5.65 Å². The molecule has 0 bridgehead atoms. The topological polar surface area (TPSA) is 53.7 Å². The van der Waals surface area contributed by atoms with Gasteiger partial charge in [0.1, 0.15) is 5.82 Å². The molecule has 0 unspecified atom stereocenters. The lowest BCUT2D eigenvalue weighted by Gasteiger charge is -2.25. The van der Waals surface area contributed by atoms with Crippen LogP contribution >= 0.6 is 0 Å². The summed E-state index contributed by atoms with van der Waals surface area (Å²) in [4.78, 5) is 6.83. The van der Waals surface area contributed by atoms with Gasteiger partial charge in [-0.05, 0) is 18.8 Å². The molecular weight excluding hydrogens is 252 g/mol. The van der Waals surface area contributed by atoms with Gasteiger partial charge >= 0.3 is 0 Å². The van der Waals surface area contributed by atoms with Crippen LogP contribution < -0.4 is 4.90 Å². The average Bonchev–Trinajstić information content (AvgIpc) is 3.03. The number of hydrogen-bond donors (Lipinski definition) is 1. The van der Waals surface area contributed by atoms with E-state index in [-0.39, 0.29) is 12.0 Å². The van der Waals surface area contributed by atoms with E-state index >= 15 is 0 Å². The fourth-order valence-electron chi connectivity index (χ4n) is 2.61.